The Bertz CT molecular complexity index is 516. The van der Waals surface area contributed by atoms with Crippen molar-refractivity contribution in [2.75, 3.05) is 26.2 Å². The van der Waals surface area contributed by atoms with Crippen LogP contribution in [0.2, 0.25) is 0 Å². The van der Waals surface area contributed by atoms with Crippen molar-refractivity contribution in [3.63, 3.8) is 0 Å². The van der Waals surface area contributed by atoms with E-state index in [2.05, 4.69) is 64.6 Å². The van der Waals surface area contributed by atoms with E-state index < -0.39 is 0 Å². The van der Waals surface area contributed by atoms with Gasteiger partial charge in [0.05, 0.1) is 8.95 Å². The van der Waals surface area contributed by atoms with Crippen molar-refractivity contribution in [2.24, 2.45) is 0 Å². The molecule has 1 saturated heterocycles. The fourth-order valence-electron chi connectivity index (χ4n) is 2.68. The van der Waals surface area contributed by atoms with Crippen molar-refractivity contribution in [3.05, 3.63) is 37.7 Å². The molecule has 0 spiro atoms. The van der Waals surface area contributed by atoms with E-state index in [1.165, 1.54) is 0 Å². The van der Waals surface area contributed by atoms with E-state index >= 15 is 0 Å². The third kappa shape index (κ3) is 4.10. The number of halogens is 3. The highest BCUT2D eigenvalue weighted by atomic mass is 79.9. The zero-order valence-corrected chi connectivity index (χ0v) is 16.5. The van der Waals surface area contributed by atoms with Gasteiger partial charge in [0.15, 0.2) is 0 Å². The number of rotatable bonds is 5. The summed E-state index contributed by atoms with van der Waals surface area (Å²) < 4.78 is 2.45. The minimum atomic E-state index is 0.256. The molecule has 0 radical (unpaired) electrons. The summed E-state index contributed by atoms with van der Waals surface area (Å²) in [5, 5.41) is 13.6. The van der Waals surface area contributed by atoms with Crippen LogP contribution >= 0.6 is 47.8 Å². The molecule has 1 aromatic carbocycles. The van der Waals surface area contributed by atoms with E-state index in [-0.39, 0.29) is 11.8 Å². The van der Waals surface area contributed by atoms with Gasteiger partial charge in [0.1, 0.15) is 5.75 Å². The van der Waals surface area contributed by atoms with E-state index in [0.717, 1.165) is 53.5 Å². The SMILES string of the molecule is C=CCC[C@H](c1c(Br)cc(Br)c(O)c1Br)N1CCNCC1. The van der Waals surface area contributed by atoms with Crippen LogP contribution in [0.15, 0.2) is 32.1 Å². The van der Waals surface area contributed by atoms with Crippen LogP contribution in [0.4, 0.5) is 0 Å². The molecule has 1 aliphatic heterocycles. The van der Waals surface area contributed by atoms with E-state index in [0.29, 0.717) is 4.47 Å². The zero-order chi connectivity index (χ0) is 15.4. The monoisotopic (exact) mass is 480 g/mol. The first-order valence-corrected chi connectivity index (χ1v) is 9.36. The Morgan fingerprint density at radius 3 is 2.57 bits per heavy atom. The number of hydrogen-bond donors (Lipinski definition) is 2. The van der Waals surface area contributed by atoms with Crippen LogP contribution in [-0.4, -0.2) is 36.2 Å². The summed E-state index contributed by atoms with van der Waals surface area (Å²) in [6.07, 6.45) is 3.89. The van der Waals surface area contributed by atoms with Gasteiger partial charge in [0.2, 0.25) is 0 Å². The molecular formula is C15H19Br3N2O. The van der Waals surface area contributed by atoms with Crippen LogP contribution < -0.4 is 5.32 Å². The molecule has 1 heterocycles. The predicted molar refractivity (Wildman–Crippen MR) is 97.8 cm³/mol. The maximum atomic E-state index is 10.2. The molecule has 1 fully saturated rings. The van der Waals surface area contributed by atoms with Gasteiger partial charge in [-0.25, -0.2) is 0 Å². The summed E-state index contributed by atoms with van der Waals surface area (Å²) in [6, 6.07) is 2.17. The highest BCUT2D eigenvalue weighted by Gasteiger charge is 2.27. The van der Waals surface area contributed by atoms with Crippen molar-refractivity contribution in [2.45, 2.75) is 18.9 Å². The Hall–Kier alpha value is 0.120. The second kappa shape index (κ2) is 8.11. The van der Waals surface area contributed by atoms with E-state index in [1.807, 2.05) is 12.1 Å². The van der Waals surface area contributed by atoms with Crippen molar-refractivity contribution < 1.29 is 5.11 Å². The van der Waals surface area contributed by atoms with Gasteiger partial charge >= 0.3 is 0 Å². The summed E-state index contributed by atoms with van der Waals surface area (Å²) in [6.45, 7) is 7.86. The second-order valence-electron chi connectivity index (χ2n) is 5.08. The third-order valence-corrected chi connectivity index (χ3v) is 5.81. The summed E-state index contributed by atoms with van der Waals surface area (Å²) in [5.41, 5.74) is 1.11. The minimum absolute atomic E-state index is 0.256. The number of benzene rings is 1. The molecule has 6 heteroatoms. The van der Waals surface area contributed by atoms with Gasteiger partial charge in [0, 0.05) is 42.3 Å². The quantitative estimate of drug-likeness (QED) is 0.602. The number of phenolic OH excluding ortho intramolecular Hbond substituents is 1. The molecule has 0 aromatic heterocycles. The van der Waals surface area contributed by atoms with Crippen molar-refractivity contribution >= 4 is 47.8 Å². The average Bonchev–Trinajstić information content (AvgIpc) is 2.49. The third-order valence-electron chi connectivity index (χ3n) is 3.75. The highest BCUT2D eigenvalue weighted by Crippen LogP contribution is 2.44. The smallest absolute Gasteiger partial charge is 0.144 e. The lowest BCUT2D eigenvalue weighted by atomic mass is 9.99. The lowest BCUT2D eigenvalue weighted by Crippen LogP contribution is -2.45. The first-order chi connectivity index (χ1) is 10.1. The summed E-state index contributed by atoms with van der Waals surface area (Å²) >= 11 is 10.6. The fraction of sp³-hybridized carbons (Fsp3) is 0.467. The predicted octanol–water partition coefficient (Wildman–Crippen LogP) is 4.59. The van der Waals surface area contributed by atoms with Gasteiger partial charge < -0.3 is 10.4 Å². The minimum Gasteiger partial charge on any atom is -0.506 e. The van der Waals surface area contributed by atoms with Gasteiger partial charge in [-0.15, -0.1) is 6.58 Å². The number of allylic oxidation sites excluding steroid dienone is 1. The Kier molecular flexibility index (Phi) is 6.75. The van der Waals surface area contributed by atoms with Crippen molar-refractivity contribution in [1.29, 1.82) is 0 Å². The van der Waals surface area contributed by atoms with Crippen LogP contribution in [0.1, 0.15) is 24.4 Å². The number of piperazine rings is 1. The second-order valence-corrected chi connectivity index (χ2v) is 7.59. The van der Waals surface area contributed by atoms with Gasteiger partial charge in [0.25, 0.3) is 0 Å². The molecule has 21 heavy (non-hydrogen) atoms. The molecule has 0 saturated carbocycles. The molecule has 0 amide bonds. The molecule has 0 aliphatic carbocycles. The summed E-state index contributed by atoms with van der Waals surface area (Å²) in [4.78, 5) is 2.47. The molecule has 116 valence electrons. The molecule has 0 unspecified atom stereocenters. The van der Waals surface area contributed by atoms with Gasteiger partial charge in [-0.2, -0.15) is 0 Å². The zero-order valence-electron chi connectivity index (χ0n) is 11.7. The van der Waals surface area contributed by atoms with Crippen LogP contribution in [-0.2, 0) is 0 Å². The molecule has 1 aromatic rings. The lowest BCUT2D eigenvalue weighted by Gasteiger charge is -2.36. The highest BCUT2D eigenvalue weighted by molar-refractivity contribution is 9.11. The molecule has 2 rings (SSSR count). The number of hydrogen-bond acceptors (Lipinski definition) is 3. The van der Waals surface area contributed by atoms with Gasteiger partial charge in [-0.3, -0.25) is 4.90 Å². The Morgan fingerprint density at radius 1 is 1.29 bits per heavy atom. The molecular weight excluding hydrogens is 464 g/mol. The molecule has 1 aliphatic rings. The topological polar surface area (TPSA) is 35.5 Å². The largest absolute Gasteiger partial charge is 0.506 e. The normalized spacial score (nSPS) is 17.7. The van der Waals surface area contributed by atoms with Crippen molar-refractivity contribution in [3.8, 4) is 5.75 Å². The number of nitrogens with one attached hydrogen (secondary N) is 1. The molecule has 2 N–H and O–H groups in total. The van der Waals surface area contributed by atoms with Gasteiger partial charge in [-0.05, 0) is 50.8 Å². The summed E-state index contributed by atoms with van der Waals surface area (Å²) in [7, 11) is 0. The first kappa shape index (κ1) is 17.5. The number of nitrogens with zero attached hydrogens (tertiary/aromatic N) is 1. The maximum absolute atomic E-state index is 10.2. The van der Waals surface area contributed by atoms with E-state index in [4.69, 9.17) is 0 Å². The standard InChI is InChI=1S/C15H19Br3N2O/c1-2-3-4-12(20-7-5-19-6-8-20)13-10(16)9-11(17)15(21)14(13)18/h2,9,12,19,21H,1,3-8H2/t12-/m1/s1. The Labute approximate surface area is 151 Å². The van der Waals surface area contributed by atoms with E-state index in [1.54, 1.807) is 0 Å². The number of aromatic hydroxyl groups is 1. The maximum Gasteiger partial charge on any atom is 0.144 e. The van der Waals surface area contributed by atoms with E-state index in [9.17, 15) is 5.11 Å². The van der Waals surface area contributed by atoms with Crippen LogP contribution in [0.25, 0.3) is 0 Å². The van der Waals surface area contributed by atoms with Crippen LogP contribution in [0.3, 0.4) is 0 Å². The lowest BCUT2D eigenvalue weighted by molar-refractivity contribution is 0.165. The Balaban J connectivity index is 2.40. The molecule has 0 bridgehead atoms. The number of phenols is 1. The van der Waals surface area contributed by atoms with Crippen LogP contribution in [0.5, 0.6) is 5.75 Å². The van der Waals surface area contributed by atoms with Crippen LogP contribution in [0, 0.1) is 0 Å². The molecule has 3 nitrogen and oxygen atoms in total. The van der Waals surface area contributed by atoms with Gasteiger partial charge in [-0.1, -0.05) is 22.0 Å². The summed E-state index contributed by atoms with van der Waals surface area (Å²) in [5.74, 6) is 0.256. The van der Waals surface area contributed by atoms with Crippen molar-refractivity contribution in [1.82, 2.24) is 10.2 Å². The Morgan fingerprint density at radius 2 is 1.95 bits per heavy atom. The molecule has 1 atom stereocenters. The average molecular weight is 483 g/mol. The fourth-order valence-corrected chi connectivity index (χ4v) is 5.33. The first-order valence-electron chi connectivity index (χ1n) is 6.98.